The van der Waals surface area contributed by atoms with Gasteiger partial charge in [0.05, 0.1) is 13.1 Å². The number of rotatable bonds is 5. The summed E-state index contributed by atoms with van der Waals surface area (Å²) in [6.45, 7) is 2.87. The van der Waals surface area contributed by atoms with Gasteiger partial charge in [0.15, 0.2) is 12.6 Å². The third kappa shape index (κ3) is 4.21. The number of nitrogens with zero attached hydrogens (tertiary/aromatic N) is 3. The standard InChI is InChI=1S/C28H28N4O3/c33-25(31-28-29-12-5-13-30-28)18-32-14-10-19(11-15-32)24(17-32)35-27(34)26-22-8-3-1-6-20(22)16-21-7-2-4-9-23(21)26/h1-9,12-13,19,24,26H,10-11,14-18H2/p+1. The molecular weight excluding hydrogens is 440 g/mol. The number of carbonyl (C=O) groups is 2. The van der Waals surface area contributed by atoms with E-state index >= 15 is 0 Å². The van der Waals surface area contributed by atoms with Gasteiger partial charge < -0.3 is 9.22 Å². The average molecular weight is 470 g/mol. The molecule has 1 atom stereocenters. The lowest BCUT2D eigenvalue weighted by Gasteiger charge is -2.51. The van der Waals surface area contributed by atoms with E-state index in [0.29, 0.717) is 29.4 Å². The summed E-state index contributed by atoms with van der Waals surface area (Å²) in [6, 6.07) is 18.1. The number of piperidine rings is 3. The van der Waals surface area contributed by atoms with Gasteiger partial charge in [0.1, 0.15) is 12.5 Å². The van der Waals surface area contributed by atoms with Crippen molar-refractivity contribution in [2.45, 2.75) is 31.3 Å². The molecule has 2 aromatic carbocycles. The zero-order chi connectivity index (χ0) is 23.8. The van der Waals surface area contributed by atoms with Crippen LogP contribution in [-0.2, 0) is 20.7 Å². The molecule has 1 aliphatic carbocycles. The van der Waals surface area contributed by atoms with Crippen molar-refractivity contribution >= 4 is 17.8 Å². The quantitative estimate of drug-likeness (QED) is 0.458. The van der Waals surface area contributed by atoms with Crippen LogP contribution < -0.4 is 5.32 Å². The molecule has 2 bridgehead atoms. The molecule has 3 fully saturated rings. The van der Waals surface area contributed by atoms with Crippen molar-refractivity contribution in [2.75, 3.05) is 31.5 Å². The monoisotopic (exact) mass is 469 g/mol. The van der Waals surface area contributed by atoms with Crippen molar-refractivity contribution in [3.05, 3.63) is 89.2 Å². The molecule has 4 heterocycles. The zero-order valence-corrected chi connectivity index (χ0v) is 19.6. The number of esters is 1. The van der Waals surface area contributed by atoms with E-state index in [2.05, 4.69) is 39.6 Å². The Balaban J connectivity index is 1.19. The van der Waals surface area contributed by atoms with Crippen LogP contribution in [0, 0.1) is 5.92 Å². The van der Waals surface area contributed by atoms with Crippen LogP contribution in [0.1, 0.15) is 41.0 Å². The number of carbonyl (C=O) groups excluding carboxylic acids is 2. The third-order valence-corrected chi connectivity index (χ3v) is 7.95. The summed E-state index contributed by atoms with van der Waals surface area (Å²) in [6.07, 6.45) is 5.81. The van der Waals surface area contributed by atoms with Crippen molar-refractivity contribution in [1.82, 2.24) is 9.97 Å². The lowest BCUT2D eigenvalue weighted by Crippen LogP contribution is -2.66. The number of nitrogens with one attached hydrogen (secondary N) is 1. The van der Waals surface area contributed by atoms with Crippen LogP contribution in [-0.4, -0.2) is 58.6 Å². The van der Waals surface area contributed by atoms with Crippen molar-refractivity contribution in [3.8, 4) is 0 Å². The molecule has 35 heavy (non-hydrogen) atoms. The van der Waals surface area contributed by atoms with Crippen LogP contribution in [0.25, 0.3) is 0 Å². The summed E-state index contributed by atoms with van der Waals surface area (Å²) in [4.78, 5) is 34.7. The highest BCUT2D eigenvalue weighted by molar-refractivity contribution is 5.89. The van der Waals surface area contributed by atoms with E-state index in [0.717, 1.165) is 43.5 Å². The minimum absolute atomic E-state index is 0.100. The molecule has 0 radical (unpaired) electrons. The molecule has 0 saturated carbocycles. The Morgan fingerprint density at radius 3 is 2.20 bits per heavy atom. The SMILES string of the molecule is O=C(C[N+]12CCC(CC1)C(OC(=O)C1c3ccccc3Cc3ccccc31)C2)Nc1ncccn1. The number of ether oxygens (including phenoxy) is 1. The fourth-order valence-electron chi connectivity index (χ4n) is 6.21. The molecule has 1 aromatic heterocycles. The van der Waals surface area contributed by atoms with Crippen LogP contribution in [0.4, 0.5) is 5.95 Å². The second-order valence-corrected chi connectivity index (χ2v) is 10.1. The number of amides is 1. The molecular formula is C28H29N4O3+. The predicted molar refractivity (Wildman–Crippen MR) is 131 cm³/mol. The van der Waals surface area contributed by atoms with E-state index in [9.17, 15) is 9.59 Å². The van der Waals surface area contributed by atoms with Crippen molar-refractivity contribution in [3.63, 3.8) is 0 Å². The topological polar surface area (TPSA) is 81.2 Å². The number of anilines is 1. The van der Waals surface area contributed by atoms with Crippen LogP contribution in [0.5, 0.6) is 0 Å². The van der Waals surface area contributed by atoms with Crippen LogP contribution >= 0.6 is 0 Å². The summed E-state index contributed by atoms with van der Waals surface area (Å²) >= 11 is 0. The van der Waals surface area contributed by atoms with Gasteiger partial charge in [-0.1, -0.05) is 48.5 Å². The Labute approximate surface area is 204 Å². The normalized spacial score (nSPS) is 24.8. The lowest BCUT2D eigenvalue weighted by molar-refractivity contribution is -0.938. The van der Waals surface area contributed by atoms with Gasteiger partial charge in [-0.2, -0.15) is 0 Å². The number of fused-ring (bicyclic) bond motifs is 5. The summed E-state index contributed by atoms with van der Waals surface area (Å²) < 4.78 is 6.94. The maximum Gasteiger partial charge on any atom is 0.318 e. The number of benzene rings is 2. The minimum atomic E-state index is -0.404. The maximum atomic E-state index is 13.7. The Hall–Kier alpha value is -3.58. The van der Waals surface area contributed by atoms with E-state index < -0.39 is 5.92 Å². The molecule has 4 aliphatic rings. The predicted octanol–water partition coefficient (Wildman–Crippen LogP) is 3.30. The Kier molecular flexibility index (Phi) is 5.57. The molecule has 1 N–H and O–H groups in total. The van der Waals surface area contributed by atoms with E-state index in [4.69, 9.17) is 4.74 Å². The van der Waals surface area contributed by atoms with Crippen LogP contribution in [0.3, 0.4) is 0 Å². The fourth-order valence-corrected chi connectivity index (χ4v) is 6.21. The first-order valence-corrected chi connectivity index (χ1v) is 12.4. The fraction of sp³-hybridized carbons (Fsp3) is 0.357. The first kappa shape index (κ1) is 21.9. The molecule has 1 amide bonds. The van der Waals surface area contributed by atoms with Gasteiger partial charge in [-0.15, -0.1) is 0 Å². The zero-order valence-electron chi connectivity index (χ0n) is 19.6. The van der Waals surface area contributed by atoms with Gasteiger partial charge >= 0.3 is 5.97 Å². The summed E-state index contributed by atoms with van der Waals surface area (Å²) in [5, 5.41) is 2.81. The molecule has 1 unspecified atom stereocenters. The maximum absolute atomic E-state index is 13.7. The molecule has 7 rings (SSSR count). The lowest BCUT2D eigenvalue weighted by atomic mass is 9.78. The minimum Gasteiger partial charge on any atom is -0.455 e. The van der Waals surface area contributed by atoms with E-state index in [1.54, 1.807) is 18.5 Å². The second-order valence-electron chi connectivity index (χ2n) is 10.1. The molecule has 178 valence electrons. The van der Waals surface area contributed by atoms with Gasteiger partial charge in [0, 0.05) is 31.2 Å². The van der Waals surface area contributed by atoms with Crippen LogP contribution in [0.2, 0.25) is 0 Å². The average Bonchev–Trinajstić information content (AvgIpc) is 2.88. The van der Waals surface area contributed by atoms with E-state index in [-0.39, 0.29) is 18.0 Å². The Bertz CT molecular complexity index is 1210. The van der Waals surface area contributed by atoms with Gasteiger partial charge in [-0.25, -0.2) is 9.97 Å². The number of hydrogen-bond acceptors (Lipinski definition) is 5. The Morgan fingerprint density at radius 2 is 1.54 bits per heavy atom. The van der Waals surface area contributed by atoms with Crippen LogP contribution in [0.15, 0.2) is 67.0 Å². The van der Waals surface area contributed by atoms with Gasteiger partial charge in [-0.3, -0.25) is 14.9 Å². The first-order valence-electron chi connectivity index (χ1n) is 12.4. The largest absolute Gasteiger partial charge is 0.455 e. The van der Waals surface area contributed by atoms with E-state index in [1.807, 2.05) is 24.3 Å². The van der Waals surface area contributed by atoms with Gasteiger partial charge in [0.2, 0.25) is 5.95 Å². The molecule has 3 aliphatic heterocycles. The van der Waals surface area contributed by atoms with Crippen molar-refractivity contribution < 1.29 is 18.8 Å². The molecule has 3 saturated heterocycles. The van der Waals surface area contributed by atoms with Gasteiger partial charge in [-0.05, 0) is 34.7 Å². The smallest absolute Gasteiger partial charge is 0.318 e. The molecule has 7 heteroatoms. The van der Waals surface area contributed by atoms with Gasteiger partial charge in [0.25, 0.3) is 5.91 Å². The highest BCUT2D eigenvalue weighted by Gasteiger charge is 2.49. The first-order chi connectivity index (χ1) is 17.1. The van der Waals surface area contributed by atoms with Crippen molar-refractivity contribution in [1.29, 1.82) is 0 Å². The number of hydrogen-bond donors (Lipinski definition) is 1. The number of quaternary nitrogens is 1. The molecule has 3 aromatic rings. The molecule has 7 nitrogen and oxygen atoms in total. The molecule has 0 spiro atoms. The highest BCUT2D eigenvalue weighted by Crippen LogP contribution is 2.40. The summed E-state index contributed by atoms with van der Waals surface area (Å²) in [5.74, 6) is -0.00673. The Morgan fingerprint density at radius 1 is 0.914 bits per heavy atom. The van der Waals surface area contributed by atoms with Crippen molar-refractivity contribution in [2.24, 2.45) is 5.92 Å². The summed E-state index contributed by atoms with van der Waals surface area (Å²) in [5.41, 5.74) is 4.46. The summed E-state index contributed by atoms with van der Waals surface area (Å²) in [7, 11) is 0. The van der Waals surface area contributed by atoms with E-state index in [1.165, 1.54) is 11.1 Å². The highest BCUT2D eigenvalue weighted by atomic mass is 16.5. The second kappa shape index (κ2) is 8.89. The number of aromatic nitrogens is 2. The third-order valence-electron chi connectivity index (χ3n) is 7.95.